The van der Waals surface area contributed by atoms with Crippen LogP contribution in [0, 0.1) is 0 Å². The molecule has 68 valence electrons. The number of carbonyl (C=O) groups excluding carboxylic acids is 1. The van der Waals surface area contributed by atoms with Gasteiger partial charge in [-0.3, -0.25) is 0 Å². The minimum absolute atomic E-state index is 0.0920. The van der Waals surface area contributed by atoms with Crippen LogP contribution in [0.3, 0.4) is 0 Å². The van der Waals surface area contributed by atoms with Gasteiger partial charge in [0.1, 0.15) is 0 Å². The first-order chi connectivity index (χ1) is 5.48. The van der Waals surface area contributed by atoms with Gasteiger partial charge in [0.2, 0.25) is 5.60 Å². The highest BCUT2D eigenvalue weighted by molar-refractivity contribution is 5.83. The summed E-state index contributed by atoms with van der Waals surface area (Å²) in [5.74, 6) is -1.28. The molecule has 0 aliphatic heterocycles. The summed E-state index contributed by atoms with van der Waals surface area (Å²) >= 11 is 0. The van der Waals surface area contributed by atoms with Crippen LogP contribution in [-0.2, 0) is 9.53 Å². The molecule has 0 heterocycles. The molecule has 5 nitrogen and oxygen atoms in total. The predicted molar refractivity (Wildman–Crippen MR) is 41.5 cm³/mol. The van der Waals surface area contributed by atoms with Gasteiger partial charge in [-0.05, 0) is 12.5 Å². The Hall–Kier alpha value is -1.52. The fraction of sp³-hybridized carbons (Fsp3) is 0.429. The second kappa shape index (κ2) is 3.75. The van der Waals surface area contributed by atoms with Crippen molar-refractivity contribution in [2.45, 2.75) is 18.9 Å². The van der Waals surface area contributed by atoms with Crippen molar-refractivity contribution in [2.24, 2.45) is 5.73 Å². The van der Waals surface area contributed by atoms with E-state index >= 15 is 0 Å². The molecule has 0 saturated carbocycles. The number of carboxylic acid groups (broad SMARTS) is 1. The molecule has 0 aliphatic rings. The van der Waals surface area contributed by atoms with Gasteiger partial charge in [0.15, 0.2) is 0 Å². The van der Waals surface area contributed by atoms with E-state index in [1.54, 1.807) is 6.92 Å². The lowest BCUT2D eigenvalue weighted by Gasteiger charge is -2.22. The molecular weight excluding hydrogens is 162 g/mol. The Balaban J connectivity index is 4.69. The molecule has 0 saturated heterocycles. The van der Waals surface area contributed by atoms with Crippen LogP contribution in [0.5, 0.6) is 0 Å². The summed E-state index contributed by atoms with van der Waals surface area (Å²) in [7, 11) is 0. The zero-order valence-corrected chi connectivity index (χ0v) is 6.74. The third kappa shape index (κ3) is 1.98. The van der Waals surface area contributed by atoms with Crippen molar-refractivity contribution in [3.05, 3.63) is 12.7 Å². The normalized spacial score (nSPS) is 14.4. The van der Waals surface area contributed by atoms with E-state index in [0.29, 0.717) is 0 Å². The van der Waals surface area contributed by atoms with Crippen molar-refractivity contribution in [3.63, 3.8) is 0 Å². The van der Waals surface area contributed by atoms with Gasteiger partial charge in [-0.1, -0.05) is 13.5 Å². The van der Waals surface area contributed by atoms with Gasteiger partial charge in [0, 0.05) is 0 Å². The van der Waals surface area contributed by atoms with Gasteiger partial charge in [-0.2, -0.15) is 0 Å². The number of carbonyl (C=O) groups is 2. The summed E-state index contributed by atoms with van der Waals surface area (Å²) in [6.07, 6.45) is 0.00801. The lowest BCUT2D eigenvalue weighted by Crippen LogP contribution is -2.42. The minimum Gasteiger partial charge on any atom is -0.478 e. The van der Waals surface area contributed by atoms with Gasteiger partial charge < -0.3 is 15.6 Å². The van der Waals surface area contributed by atoms with Crippen LogP contribution in [0.25, 0.3) is 0 Å². The molecule has 12 heavy (non-hydrogen) atoms. The van der Waals surface area contributed by atoms with Crippen LogP contribution in [0.2, 0.25) is 0 Å². The molecule has 0 bridgehead atoms. The maximum atomic E-state index is 10.6. The van der Waals surface area contributed by atoms with Crippen LogP contribution in [-0.4, -0.2) is 22.8 Å². The average molecular weight is 173 g/mol. The van der Waals surface area contributed by atoms with Gasteiger partial charge in [-0.15, -0.1) is 0 Å². The summed E-state index contributed by atoms with van der Waals surface area (Å²) < 4.78 is 4.42. The van der Waals surface area contributed by atoms with E-state index in [0.717, 1.165) is 6.08 Å². The van der Waals surface area contributed by atoms with Crippen LogP contribution in [0.15, 0.2) is 12.7 Å². The van der Waals surface area contributed by atoms with Crippen molar-refractivity contribution in [3.8, 4) is 0 Å². The Morgan fingerprint density at radius 3 is 2.33 bits per heavy atom. The number of carboxylic acids is 1. The zero-order valence-electron chi connectivity index (χ0n) is 6.74. The minimum atomic E-state index is -1.69. The number of hydrogen-bond acceptors (Lipinski definition) is 3. The molecule has 1 unspecified atom stereocenters. The monoisotopic (exact) mass is 173 g/mol. The number of nitrogens with two attached hydrogens (primary N) is 1. The smallest absolute Gasteiger partial charge is 0.405 e. The van der Waals surface area contributed by atoms with E-state index in [4.69, 9.17) is 10.8 Å². The van der Waals surface area contributed by atoms with Crippen molar-refractivity contribution in [1.29, 1.82) is 0 Å². The van der Waals surface area contributed by atoms with E-state index in [1.165, 1.54) is 0 Å². The molecule has 0 fully saturated rings. The van der Waals surface area contributed by atoms with Crippen LogP contribution >= 0.6 is 0 Å². The number of primary amides is 1. The van der Waals surface area contributed by atoms with Crippen molar-refractivity contribution >= 4 is 12.1 Å². The van der Waals surface area contributed by atoms with Gasteiger partial charge in [-0.25, -0.2) is 9.59 Å². The molecule has 0 aliphatic carbocycles. The Kier molecular flexibility index (Phi) is 3.28. The molecule has 5 heteroatoms. The number of amides is 1. The summed E-state index contributed by atoms with van der Waals surface area (Å²) in [6, 6.07) is 0. The maximum Gasteiger partial charge on any atom is 0.405 e. The summed E-state index contributed by atoms with van der Waals surface area (Å²) in [5.41, 5.74) is 3.01. The zero-order chi connectivity index (χ0) is 9.78. The van der Waals surface area contributed by atoms with Gasteiger partial charge in [0.25, 0.3) is 0 Å². The van der Waals surface area contributed by atoms with E-state index in [2.05, 4.69) is 11.3 Å². The van der Waals surface area contributed by atoms with Crippen molar-refractivity contribution < 1.29 is 19.4 Å². The number of aliphatic carboxylic acids is 1. The van der Waals surface area contributed by atoms with E-state index < -0.39 is 17.7 Å². The fourth-order valence-corrected chi connectivity index (χ4v) is 0.720. The Morgan fingerprint density at radius 2 is 2.25 bits per heavy atom. The van der Waals surface area contributed by atoms with Crippen molar-refractivity contribution in [1.82, 2.24) is 0 Å². The number of ether oxygens (including phenoxy) is 1. The summed E-state index contributed by atoms with van der Waals surface area (Å²) in [6.45, 7) is 4.82. The highest BCUT2D eigenvalue weighted by Gasteiger charge is 2.37. The standard InChI is InChI=1S/C7H11NO4/c1-3-7(4-2,5(9)10)12-6(8)11/h3H,1,4H2,2H3,(H2,8,11)(H,9,10). The summed E-state index contributed by atoms with van der Waals surface area (Å²) in [4.78, 5) is 20.9. The van der Waals surface area contributed by atoms with Crippen LogP contribution in [0.1, 0.15) is 13.3 Å². The van der Waals surface area contributed by atoms with Crippen LogP contribution < -0.4 is 5.73 Å². The molecule has 0 spiro atoms. The highest BCUT2D eigenvalue weighted by atomic mass is 16.6. The highest BCUT2D eigenvalue weighted by Crippen LogP contribution is 2.17. The lowest BCUT2D eigenvalue weighted by atomic mass is 10.0. The largest absolute Gasteiger partial charge is 0.478 e. The number of hydrogen-bond donors (Lipinski definition) is 2. The predicted octanol–water partition coefficient (Wildman–Crippen LogP) is 0.501. The fourth-order valence-electron chi connectivity index (χ4n) is 0.720. The molecule has 0 aromatic rings. The quantitative estimate of drug-likeness (QED) is 0.606. The van der Waals surface area contributed by atoms with E-state index in [1.807, 2.05) is 0 Å². The molecule has 0 aromatic heterocycles. The Bertz CT molecular complexity index is 213. The lowest BCUT2D eigenvalue weighted by molar-refractivity contribution is -0.153. The molecule has 1 atom stereocenters. The molecule has 0 radical (unpaired) electrons. The molecule has 0 rings (SSSR count). The first-order valence-corrected chi connectivity index (χ1v) is 3.34. The second-order valence-corrected chi connectivity index (χ2v) is 2.17. The van der Waals surface area contributed by atoms with Crippen molar-refractivity contribution in [2.75, 3.05) is 0 Å². The molecular formula is C7H11NO4. The number of rotatable bonds is 4. The topological polar surface area (TPSA) is 89.6 Å². The third-order valence-electron chi connectivity index (χ3n) is 1.50. The van der Waals surface area contributed by atoms with Crippen LogP contribution in [0.4, 0.5) is 4.79 Å². The summed E-state index contributed by atoms with van der Waals surface area (Å²) in [5, 5.41) is 8.67. The first kappa shape index (κ1) is 10.5. The molecule has 3 N–H and O–H groups in total. The Labute approximate surface area is 69.8 Å². The maximum absolute atomic E-state index is 10.6. The van der Waals surface area contributed by atoms with Gasteiger partial charge in [0.05, 0.1) is 0 Å². The second-order valence-electron chi connectivity index (χ2n) is 2.17. The third-order valence-corrected chi connectivity index (χ3v) is 1.50. The Morgan fingerprint density at radius 1 is 1.75 bits per heavy atom. The van der Waals surface area contributed by atoms with E-state index in [-0.39, 0.29) is 6.42 Å². The van der Waals surface area contributed by atoms with E-state index in [9.17, 15) is 9.59 Å². The average Bonchev–Trinajstić information content (AvgIpc) is 1.99. The van der Waals surface area contributed by atoms with Gasteiger partial charge >= 0.3 is 12.1 Å². The molecule has 1 amide bonds. The SMILES string of the molecule is C=CC(CC)(OC(N)=O)C(=O)O. The molecule has 0 aromatic carbocycles. The first-order valence-electron chi connectivity index (χ1n) is 3.34.